The summed E-state index contributed by atoms with van der Waals surface area (Å²) in [4.78, 5) is 24.1. The summed E-state index contributed by atoms with van der Waals surface area (Å²) in [5.74, 6) is -0.172. The predicted octanol–water partition coefficient (Wildman–Crippen LogP) is 3.45. The molecule has 2 atom stereocenters. The number of benzene rings is 2. The molecule has 0 bridgehead atoms. The molecule has 2 N–H and O–H groups in total. The van der Waals surface area contributed by atoms with Crippen molar-refractivity contribution in [1.82, 2.24) is 10.6 Å². The van der Waals surface area contributed by atoms with Crippen LogP contribution < -0.4 is 10.6 Å². The molecule has 4 heteroatoms. The molecule has 2 aromatic rings. The summed E-state index contributed by atoms with van der Waals surface area (Å²) in [5.41, 5.74) is 3.48. The summed E-state index contributed by atoms with van der Waals surface area (Å²) in [7, 11) is 0. The van der Waals surface area contributed by atoms with E-state index in [1.807, 2.05) is 42.5 Å². The van der Waals surface area contributed by atoms with Gasteiger partial charge < -0.3 is 10.6 Å². The fraction of sp³-hybridized carbons (Fsp3) is 0.333. The zero-order valence-corrected chi connectivity index (χ0v) is 14.5. The lowest BCUT2D eigenvalue weighted by atomic mass is 9.87. The number of amides is 2. The lowest BCUT2D eigenvalue weighted by Gasteiger charge is -2.27. The smallest absolute Gasteiger partial charge is 0.222 e. The molecule has 2 aromatic carbocycles. The molecule has 0 heterocycles. The van der Waals surface area contributed by atoms with Crippen molar-refractivity contribution >= 4 is 11.8 Å². The number of carbonyl (C=O) groups is 2. The van der Waals surface area contributed by atoms with Crippen LogP contribution in [0.25, 0.3) is 0 Å². The molecular formula is C21H24N2O2. The van der Waals surface area contributed by atoms with Crippen LogP contribution in [0.15, 0.2) is 54.6 Å². The zero-order valence-electron chi connectivity index (χ0n) is 14.5. The van der Waals surface area contributed by atoms with E-state index >= 15 is 0 Å². The van der Waals surface area contributed by atoms with E-state index in [9.17, 15) is 9.59 Å². The van der Waals surface area contributed by atoms with E-state index in [0.717, 1.165) is 24.8 Å². The van der Waals surface area contributed by atoms with Crippen molar-refractivity contribution in [1.29, 1.82) is 0 Å². The molecular weight excluding hydrogens is 312 g/mol. The summed E-state index contributed by atoms with van der Waals surface area (Å²) in [5, 5.41) is 6.04. The van der Waals surface area contributed by atoms with E-state index in [1.165, 1.54) is 18.1 Å². The lowest BCUT2D eigenvalue weighted by molar-refractivity contribution is -0.123. The maximum atomic E-state index is 12.6. The molecule has 1 aliphatic carbocycles. The molecule has 3 rings (SSSR count). The van der Waals surface area contributed by atoms with Gasteiger partial charge in [-0.3, -0.25) is 9.59 Å². The average Bonchev–Trinajstić information content (AvgIpc) is 2.62. The van der Waals surface area contributed by atoms with Gasteiger partial charge >= 0.3 is 0 Å². The summed E-state index contributed by atoms with van der Waals surface area (Å²) >= 11 is 0. The minimum absolute atomic E-state index is 0.0377. The minimum atomic E-state index is -0.308. The second kappa shape index (κ2) is 7.97. The van der Waals surface area contributed by atoms with Gasteiger partial charge in [0.25, 0.3) is 0 Å². The standard InChI is InChI=1S/C21H24N2O2/c1-15(24)22-20(17-9-3-2-4-10-17)14-21(25)23-19-13-7-11-16-8-5-6-12-18(16)19/h2-6,8-10,12,19-20H,7,11,13-14H2,1H3,(H,22,24)(H,23,25)/t19-,20-/m1/s1. The van der Waals surface area contributed by atoms with Gasteiger partial charge in [0.2, 0.25) is 11.8 Å². The van der Waals surface area contributed by atoms with E-state index in [0.29, 0.717) is 0 Å². The second-order valence-electron chi connectivity index (χ2n) is 6.58. The van der Waals surface area contributed by atoms with Crippen molar-refractivity contribution < 1.29 is 9.59 Å². The number of hydrogen-bond donors (Lipinski definition) is 2. The molecule has 2 amide bonds. The van der Waals surface area contributed by atoms with Crippen LogP contribution in [-0.2, 0) is 16.0 Å². The van der Waals surface area contributed by atoms with Crippen LogP contribution >= 0.6 is 0 Å². The van der Waals surface area contributed by atoms with Gasteiger partial charge in [-0.15, -0.1) is 0 Å². The van der Waals surface area contributed by atoms with Gasteiger partial charge in [-0.2, -0.15) is 0 Å². The van der Waals surface area contributed by atoms with Crippen molar-refractivity contribution in [2.24, 2.45) is 0 Å². The highest BCUT2D eigenvalue weighted by molar-refractivity contribution is 5.79. The van der Waals surface area contributed by atoms with Gasteiger partial charge in [0.15, 0.2) is 0 Å². The quantitative estimate of drug-likeness (QED) is 0.878. The molecule has 130 valence electrons. The third kappa shape index (κ3) is 4.47. The number of nitrogens with one attached hydrogen (secondary N) is 2. The Labute approximate surface area is 148 Å². The normalized spacial score (nSPS) is 17.2. The van der Waals surface area contributed by atoms with E-state index < -0.39 is 0 Å². The summed E-state index contributed by atoms with van der Waals surface area (Å²) in [6.45, 7) is 1.48. The van der Waals surface area contributed by atoms with E-state index in [1.54, 1.807) is 0 Å². The second-order valence-corrected chi connectivity index (χ2v) is 6.58. The average molecular weight is 336 g/mol. The molecule has 0 aromatic heterocycles. The summed E-state index contributed by atoms with van der Waals surface area (Å²) < 4.78 is 0. The number of aryl methyl sites for hydroxylation is 1. The van der Waals surface area contributed by atoms with Crippen LogP contribution in [0.4, 0.5) is 0 Å². The fourth-order valence-electron chi connectivity index (χ4n) is 3.53. The third-order valence-corrected chi connectivity index (χ3v) is 4.67. The highest BCUT2D eigenvalue weighted by Gasteiger charge is 2.23. The minimum Gasteiger partial charge on any atom is -0.349 e. The Morgan fingerprint density at radius 3 is 2.56 bits per heavy atom. The fourth-order valence-corrected chi connectivity index (χ4v) is 3.53. The maximum absolute atomic E-state index is 12.6. The summed E-state index contributed by atoms with van der Waals surface area (Å²) in [6.07, 6.45) is 3.35. The summed E-state index contributed by atoms with van der Waals surface area (Å²) in [6, 6.07) is 17.7. The topological polar surface area (TPSA) is 58.2 Å². The van der Waals surface area contributed by atoms with Crippen LogP contribution in [0.3, 0.4) is 0 Å². The van der Waals surface area contributed by atoms with Crippen molar-refractivity contribution in [3.63, 3.8) is 0 Å². The van der Waals surface area contributed by atoms with Crippen LogP contribution in [0.5, 0.6) is 0 Å². The Balaban J connectivity index is 1.69. The van der Waals surface area contributed by atoms with Crippen LogP contribution in [-0.4, -0.2) is 11.8 Å². The first kappa shape index (κ1) is 17.2. The Morgan fingerprint density at radius 2 is 1.80 bits per heavy atom. The number of carbonyl (C=O) groups excluding carboxylic acids is 2. The molecule has 0 saturated heterocycles. The molecule has 0 aliphatic heterocycles. The predicted molar refractivity (Wildman–Crippen MR) is 97.9 cm³/mol. The molecule has 1 aliphatic rings. The van der Waals surface area contributed by atoms with Crippen molar-refractivity contribution in [2.45, 2.75) is 44.7 Å². The van der Waals surface area contributed by atoms with Crippen LogP contribution in [0.1, 0.15) is 55.0 Å². The third-order valence-electron chi connectivity index (χ3n) is 4.67. The van der Waals surface area contributed by atoms with E-state index in [2.05, 4.69) is 22.8 Å². The molecule has 0 spiro atoms. The monoisotopic (exact) mass is 336 g/mol. The van der Waals surface area contributed by atoms with Crippen molar-refractivity contribution in [3.05, 3.63) is 71.3 Å². The zero-order chi connectivity index (χ0) is 17.6. The first-order valence-corrected chi connectivity index (χ1v) is 8.82. The van der Waals surface area contributed by atoms with Gasteiger partial charge in [-0.1, -0.05) is 54.6 Å². The maximum Gasteiger partial charge on any atom is 0.222 e. The van der Waals surface area contributed by atoms with Gasteiger partial charge in [-0.05, 0) is 36.0 Å². The van der Waals surface area contributed by atoms with E-state index in [-0.39, 0.29) is 30.3 Å². The molecule has 0 fully saturated rings. The first-order valence-electron chi connectivity index (χ1n) is 8.82. The molecule has 25 heavy (non-hydrogen) atoms. The van der Waals surface area contributed by atoms with Gasteiger partial charge in [0.05, 0.1) is 18.5 Å². The van der Waals surface area contributed by atoms with Gasteiger partial charge in [0, 0.05) is 6.92 Å². The Kier molecular flexibility index (Phi) is 5.49. The van der Waals surface area contributed by atoms with Crippen LogP contribution in [0.2, 0.25) is 0 Å². The highest BCUT2D eigenvalue weighted by Crippen LogP contribution is 2.29. The molecule has 0 radical (unpaired) electrons. The Bertz CT molecular complexity index is 743. The lowest BCUT2D eigenvalue weighted by Crippen LogP contribution is -2.35. The molecule has 0 unspecified atom stereocenters. The van der Waals surface area contributed by atoms with Crippen molar-refractivity contribution in [2.75, 3.05) is 0 Å². The van der Waals surface area contributed by atoms with Crippen LogP contribution in [0, 0.1) is 0 Å². The number of hydrogen-bond acceptors (Lipinski definition) is 2. The highest BCUT2D eigenvalue weighted by atomic mass is 16.2. The van der Waals surface area contributed by atoms with Gasteiger partial charge in [0.1, 0.15) is 0 Å². The SMILES string of the molecule is CC(=O)N[C@H](CC(=O)N[C@@H]1CCCc2ccccc21)c1ccccc1. The Hall–Kier alpha value is -2.62. The molecule has 4 nitrogen and oxygen atoms in total. The number of rotatable bonds is 5. The first-order chi connectivity index (χ1) is 12.1. The van der Waals surface area contributed by atoms with Crippen molar-refractivity contribution in [3.8, 4) is 0 Å². The molecule has 0 saturated carbocycles. The Morgan fingerprint density at radius 1 is 1.08 bits per heavy atom. The number of fused-ring (bicyclic) bond motifs is 1. The van der Waals surface area contributed by atoms with E-state index in [4.69, 9.17) is 0 Å². The largest absolute Gasteiger partial charge is 0.349 e. The van der Waals surface area contributed by atoms with Gasteiger partial charge in [-0.25, -0.2) is 0 Å².